The van der Waals surface area contributed by atoms with Gasteiger partial charge < -0.3 is 14.4 Å². The Morgan fingerprint density at radius 2 is 2.38 bits per heavy atom. The highest BCUT2D eigenvalue weighted by molar-refractivity contribution is 5.92. The normalized spacial score (nSPS) is 24.3. The van der Waals surface area contributed by atoms with E-state index in [2.05, 4.69) is 10.1 Å². The predicted octanol–water partition coefficient (Wildman–Crippen LogP) is 0.854. The lowest BCUT2D eigenvalue weighted by atomic mass is 9.82. The van der Waals surface area contributed by atoms with Gasteiger partial charge in [0.2, 0.25) is 5.88 Å². The van der Waals surface area contributed by atoms with Gasteiger partial charge in [0.25, 0.3) is 5.91 Å². The molecule has 4 heterocycles. The predicted molar refractivity (Wildman–Crippen MR) is 90.3 cm³/mol. The molecule has 2 aliphatic rings. The van der Waals surface area contributed by atoms with Gasteiger partial charge in [0.1, 0.15) is 11.8 Å². The number of ether oxygens (including phenoxy) is 2. The minimum absolute atomic E-state index is 0.0183. The summed E-state index contributed by atoms with van der Waals surface area (Å²) in [5.74, 6) is 0.689. The fourth-order valence-corrected chi connectivity index (χ4v) is 3.69. The topological polar surface area (TPSA) is 93.3 Å². The first-order valence-corrected chi connectivity index (χ1v) is 8.45. The molecular formula is C18H19N5O3. The van der Waals surface area contributed by atoms with E-state index in [1.54, 1.807) is 36.1 Å². The summed E-state index contributed by atoms with van der Waals surface area (Å²) in [6.07, 6.45) is 3.12. The van der Waals surface area contributed by atoms with Crippen LogP contribution in [0.3, 0.4) is 0 Å². The third-order valence-electron chi connectivity index (χ3n) is 5.22. The van der Waals surface area contributed by atoms with Crippen LogP contribution in [0, 0.1) is 22.7 Å². The Morgan fingerprint density at radius 3 is 3.08 bits per heavy atom. The summed E-state index contributed by atoms with van der Waals surface area (Å²) in [7, 11) is 1.77. The van der Waals surface area contributed by atoms with Crippen molar-refractivity contribution in [3.63, 3.8) is 0 Å². The molecular weight excluding hydrogens is 334 g/mol. The van der Waals surface area contributed by atoms with Crippen molar-refractivity contribution in [1.29, 1.82) is 5.26 Å². The summed E-state index contributed by atoms with van der Waals surface area (Å²) in [5.41, 5.74) is 0.839. The highest BCUT2D eigenvalue weighted by atomic mass is 16.5. The maximum Gasteiger partial charge on any atom is 0.272 e. The van der Waals surface area contributed by atoms with Gasteiger partial charge >= 0.3 is 0 Å². The maximum atomic E-state index is 12.8. The molecule has 0 N–H and O–H groups in total. The molecule has 2 aromatic rings. The Morgan fingerprint density at radius 1 is 1.50 bits per heavy atom. The van der Waals surface area contributed by atoms with Crippen molar-refractivity contribution in [3.8, 4) is 11.9 Å². The van der Waals surface area contributed by atoms with E-state index in [4.69, 9.17) is 14.7 Å². The molecule has 0 bridgehead atoms. The second-order valence-corrected chi connectivity index (χ2v) is 6.89. The fourth-order valence-electron chi connectivity index (χ4n) is 3.69. The smallest absolute Gasteiger partial charge is 0.272 e. The van der Waals surface area contributed by atoms with E-state index in [0.29, 0.717) is 50.0 Å². The van der Waals surface area contributed by atoms with Gasteiger partial charge in [0.15, 0.2) is 0 Å². The summed E-state index contributed by atoms with van der Waals surface area (Å²) in [6.45, 7) is 2.83. The monoisotopic (exact) mass is 353 g/mol. The molecule has 4 rings (SSSR count). The molecule has 2 aromatic heterocycles. The Labute approximate surface area is 150 Å². The summed E-state index contributed by atoms with van der Waals surface area (Å²) in [5, 5.41) is 12.9. The number of hydrogen-bond donors (Lipinski definition) is 0. The first-order valence-electron chi connectivity index (χ1n) is 8.45. The highest BCUT2D eigenvalue weighted by Crippen LogP contribution is 2.42. The SMILES string of the molecule is Cn1nccc1C(=O)N1C[C@@H]2COC[C@]2(COc2ccc(C#N)cn2)C1. The molecule has 2 atom stereocenters. The van der Waals surface area contributed by atoms with Crippen molar-refractivity contribution < 1.29 is 14.3 Å². The molecule has 2 fully saturated rings. The zero-order valence-corrected chi connectivity index (χ0v) is 14.5. The van der Waals surface area contributed by atoms with Crippen LogP contribution < -0.4 is 4.74 Å². The summed E-state index contributed by atoms with van der Waals surface area (Å²) in [6, 6.07) is 7.13. The van der Waals surface area contributed by atoms with Gasteiger partial charge in [-0.1, -0.05) is 0 Å². The van der Waals surface area contributed by atoms with Crippen molar-refractivity contribution >= 4 is 5.91 Å². The van der Waals surface area contributed by atoms with Crippen molar-refractivity contribution in [2.24, 2.45) is 18.4 Å². The van der Waals surface area contributed by atoms with E-state index in [-0.39, 0.29) is 17.2 Å². The van der Waals surface area contributed by atoms with Crippen LogP contribution in [0.5, 0.6) is 5.88 Å². The number of nitriles is 1. The van der Waals surface area contributed by atoms with Gasteiger partial charge in [-0.2, -0.15) is 10.4 Å². The van der Waals surface area contributed by atoms with Gasteiger partial charge in [-0.15, -0.1) is 0 Å². The second kappa shape index (κ2) is 6.42. The lowest BCUT2D eigenvalue weighted by Crippen LogP contribution is -2.38. The van der Waals surface area contributed by atoms with Crippen LogP contribution in [0.4, 0.5) is 0 Å². The molecule has 8 nitrogen and oxygen atoms in total. The summed E-state index contributed by atoms with van der Waals surface area (Å²) in [4.78, 5) is 18.8. The molecule has 0 radical (unpaired) electrons. The average Bonchev–Trinajstić information content (AvgIpc) is 3.33. The maximum absolute atomic E-state index is 12.8. The molecule has 0 aliphatic carbocycles. The molecule has 8 heteroatoms. The molecule has 1 amide bonds. The zero-order chi connectivity index (χ0) is 18.1. The zero-order valence-electron chi connectivity index (χ0n) is 14.5. The molecule has 0 saturated carbocycles. The molecule has 26 heavy (non-hydrogen) atoms. The van der Waals surface area contributed by atoms with E-state index >= 15 is 0 Å². The van der Waals surface area contributed by atoms with E-state index < -0.39 is 0 Å². The number of hydrogen-bond acceptors (Lipinski definition) is 6. The van der Waals surface area contributed by atoms with Gasteiger partial charge in [0.05, 0.1) is 30.8 Å². The van der Waals surface area contributed by atoms with Crippen LogP contribution in [0.2, 0.25) is 0 Å². The number of rotatable bonds is 4. The Kier molecular flexibility index (Phi) is 4.09. The third-order valence-corrected chi connectivity index (χ3v) is 5.22. The van der Waals surface area contributed by atoms with Crippen molar-refractivity contribution in [2.45, 2.75) is 0 Å². The van der Waals surface area contributed by atoms with E-state index in [0.717, 1.165) is 0 Å². The number of carbonyl (C=O) groups excluding carboxylic acids is 1. The standard InChI is InChI=1S/C18H19N5O3/c1-22-15(4-5-21-22)17(24)23-8-14-9-25-11-18(14,10-23)12-26-16-3-2-13(6-19)7-20-16/h2-5,7,14H,8-12H2,1H3/t14-,18+/m1/s1. The third kappa shape index (κ3) is 2.80. The number of carbonyl (C=O) groups is 1. The van der Waals surface area contributed by atoms with Gasteiger partial charge in [0, 0.05) is 44.5 Å². The quantitative estimate of drug-likeness (QED) is 0.809. The summed E-state index contributed by atoms with van der Waals surface area (Å²) < 4.78 is 13.2. The first kappa shape index (κ1) is 16.5. The molecule has 2 aliphatic heterocycles. The molecule has 0 spiro atoms. The Hall–Kier alpha value is -2.92. The number of nitrogens with zero attached hydrogens (tertiary/aromatic N) is 5. The van der Waals surface area contributed by atoms with E-state index in [1.807, 2.05) is 11.0 Å². The number of aromatic nitrogens is 3. The fraction of sp³-hybridized carbons (Fsp3) is 0.444. The van der Waals surface area contributed by atoms with Crippen LogP contribution >= 0.6 is 0 Å². The van der Waals surface area contributed by atoms with E-state index in [9.17, 15) is 4.79 Å². The lowest BCUT2D eigenvalue weighted by Gasteiger charge is -2.26. The van der Waals surface area contributed by atoms with Crippen LogP contribution in [0.15, 0.2) is 30.6 Å². The number of aryl methyl sites for hydroxylation is 1. The van der Waals surface area contributed by atoms with Gasteiger partial charge in [-0.25, -0.2) is 4.98 Å². The molecule has 0 aromatic carbocycles. The second-order valence-electron chi connectivity index (χ2n) is 6.89. The van der Waals surface area contributed by atoms with Crippen LogP contribution in [-0.4, -0.2) is 58.5 Å². The highest BCUT2D eigenvalue weighted by Gasteiger charge is 2.52. The largest absolute Gasteiger partial charge is 0.477 e. The van der Waals surface area contributed by atoms with Crippen LogP contribution in [-0.2, 0) is 11.8 Å². The van der Waals surface area contributed by atoms with Crippen LogP contribution in [0.1, 0.15) is 16.1 Å². The van der Waals surface area contributed by atoms with Crippen molar-refractivity contribution in [2.75, 3.05) is 32.9 Å². The van der Waals surface area contributed by atoms with Gasteiger partial charge in [-0.05, 0) is 12.1 Å². The Balaban J connectivity index is 1.47. The molecule has 2 saturated heterocycles. The number of pyridine rings is 1. The van der Waals surface area contributed by atoms with E-state index in [1.165, 1.54) is 6.20 Å². The molecule has 134 valence electrons. The minimum atomic E-state index is -0.232. The first-order chi connectivity index (χ1) is 12.6. The number of amides is 1. The van der Waals surface area contributed by atoms with Gasteiger partial charge in [-0.3, -0.25) is 9.48 Å². The lowest BCUT2D eigenvalue weighted by molar-refractivity contribution is 0.0647. The van der Waals surface area contributed by atoms with Crippen LogP contribution in [0.25, 0.3) is 0 Å². The Bertz CT molecular complexity index is 856. The minimum Gasteiger partial charge on any atom is -0.477 e. The van der Waals surface area contributed by atoms with Crippen molar-refractivity contribution in [1.82, 2.24) is 19.7 Å². The number of fused-ring (bicyclic) bond motifs is 1. The van der Waals surface area contributed by atoms with Crippen molar-refractivity contribution in [3.05, 3.63) is 41.9 Å². The summed E-state index contributed by atoms with van der Waals surface area (Å²) >= 11 is 0. The molecule has 0 unspecified atom stereocenters. The number of likely N-dealkylation sites (tertiary alicyclic amines) is 1. The average molecular weight is 353 g/mol.